The van der Waals surface area contributed by atoms with E-state index in [1.807, 2.05) is 40.1 Å². The van der Waals surface area contributed by atoms with Crippen molar-refractivity contribution in [2.45, 2.75) is 38.9 Å². The summed E-state index contributed by atoms with van der Waals surface area (Å²) in [5, 5.41) is 0. The molecule has 1 saturated carbocycles. The molecule has 0 amide bonds. The molecule has 3 heteroatoms. The Balaban J connectivity index is 2.30. The predicted octanol–water partition coefficient (Wildman–Crippen LogP) is 3.08. The maximum absolute atomic E-state index is 5.90. The van der Waals surface area contributed by atoms with Crippen molar-refractivity contribution in [3.05, 3.63) is 18.2 Å². The van der Waals surface area contributed by atoms with Crippen molar-refractivity contribution in [1.82, 2.24) is 0 Å². The minimum atomic E-state index is 0.151. The lowest BCUT2D eigenvalue weighted by Crippen LogP contribution is -2.14. The highest BCUT2D eigenvalue weighted by atomic mass is 16.5. The molecule has 1 fully saturated rings. The molecular weight excluding hydrogens is 214 g/mol. The van der Waals surface area contributed by atoms with Crippen molar-refractivity contribution in [2.75, 3.05) is 19.0 Å². The summed E-state index contributed by atoms with van der Waals surface area (Å²) >= 11 is 0. The summed E-state index contributed by atoms with van der Waals surface area (Å²) in [6.45, 7) is 4.07. The normalized spacial score (nSPS) is 14.9. The van der Waals surface area contributed by atoms with Crippen molar-refractivity contribution in [1.29, 1.82) is 0 Å². The fraction of sp³-hybridized carbons (Fsp3) is 0.571. The number of benzene rings is 1. The Kier molecular flexibility index (Phi) is 3.46. The molecule has 0 unspecified atom stereocenters. The van der Waals surface area contributed by atoms with Crippen molar-refractivity contribution < 1.29 is 9.47 Å². The van der Waals surface area contributed by atoms with E-state index in [4.69, 9.17) is 9.47 Å². The van der Waals surface area contributed by atoms with Gasteiger partial charge in [-0.05, 0) is 38.8 Å². The van der Waals surface area contributed by atoms with Crippen LogP contribution in [0.2, 0.25) is 0 Å². The first-order valence-corrected chi connectivity index (χ1v) is 6.21. The number of hydrogen-bond acceptors (Lipinski definition) is 3. The molecule has 0 radical (unpaired) electrons. The zero-order chi connectivity index (χ0) is 12.4. The summed E-state index contributed by atoms with van der Waals surface area (Å²) in [6.07, 6.45) is 2.86. The Morgan fingerprint density at radius 1 is 1.24 bits per heavy atom. The second kappa shape index (κ2) is 4.86. The molecule has 0 aliphatic heterocycles. The van der Waals surface area contributed by atoms with Gasteiger partial charge < -0.3 is 14.4 Å². The molecule has 0 saturated heterocycles. The lowest BCUT2D eigenvalue weighted by Gasteiger charge is -2.22. The Hall–Kier alpha value is -1.38. The number of anilines is 1. The molecule has 1 aromatic carbocycles. The monoisotopic (exact) mass is 235 g/mol. The Morgan fingerprint density at radius 3 is 2.47 bits per heavy atom. The van der Waals surface area contributed by atoms with Crippen molar-refractivity contribution >= 4 is 5.69 Å². The number of ether oxygens (including phenoxy) is 2. The minimum absolute atomic E-state index is 0.151. The number of nitrogens with zero attached hydrogens (tertiary/aromatic N) is 1. The molecule has 0 N–H and O–H groups in total. The van der Waals surface area contributed by atoms with Crippen LogP contribution in [0.1, 0.15) is 26.7 Å². The van der Waals surface area contributed by atoms with Crippen molar-refractivity contribution in [2.24, 2.45) is 0 Å². The van der Waals surface area contributed by atoms with Crippen LogP contribution < -0.4 is 14.4 Å². The molecule has 94 valence electrons. The van der Waals surface area contributed by atoms with Gasteiger partial charge >= 0.3 is 0 Å². The van der Waals surface area contributed by atoms with Gasteiger partial charge in [-0.1, -0.05) is 6.07 Å². The highest BCUT2D eigenvalue weighted by molar-refractivity contribution is 5.64. The van der Waals surface area contributed by atoms with Gasteiger partial charge in [0.05, 0.1) is 17.9 Å². The van der Waals surface area contributed by atoms with Crippen LogP contribution in [0, 0.1) is 0 Å². The standard InChI is InChI=1S/C14H21NO2/c1-10(2)16-14-12(15(3)4)6-5-7-13(14)17-11-8-9-11/h5-7,10-11H,8-9H2,1-4H3. The number of hydrogen-bond donors (Lipinski definition) is 0. The van der Waals surface area contributed by atoms with Gasteiger partial charge in [0, 0.05) is 14.1 Å². The smallest absolute Gasteiger partial charge is 0.184 e. The summed E-state index contributed by atoms with van der Waals surface area (Å²) in [5.74, 6) is 1.73. The average Bonchev–Trinajstić information content (AvgIpc) is 3.03. The van der Waals surface area contributed by atoms with E-state index >= 15 is 0 Å². The van der Waals surface area contributed by atoms with Crippen molar-refractivity contribution in [3.63, 3.8) is 0 Å². The Labute approximate surface area is 103 Å². The van der Waals surface area contributed by atoms with E-state index in [1.54, 1.807) is 0 Å². The molecule has 0 heterocycles. The van der Waals surface area contributed by atoms with Gasteiger partial charge in [0.1, 0.15) is 0 Å². The first-order chi connectivity index (χ1) is 8.08. The average molecular weight is 235 g/mol. The van der Waals surface area contributed by atoms with Crippen LogP contribution in [0.4, 0.5) is 5.69 Å². The van der Waals surface area contributed by atoms with E-state index in [1.165, 1.54) is 0 Å². The molecule has 0 atom stereocenters. The van der Waals surface area contributed by atoms with Gasteiger partial charge in [0.2, 0.25) is 0 Å². The van der Waals surface area contributed by atoms with Gasteiger partial charge in [0.25, 0.3) is 0 Å². The van der Waals surface area contributed by atoms with E-state index in [2.05, 4.69) is 11.0 Å². The molecule has 3 nitrogen and oxygen atoms in total. The first kappa shape index (κ1) is 12.1. The van der Waals surface area contributed by atoms with E-state index in [-0.39, 0.29) is 6.10 Å². The van der Waals surface area contributed by atoms with Gasteiger partial charge in [-0.2, -0.15) is 0 Å². The molecule has 0 aromatic heterocycles. The molecule has 2 rings (SSSR count). The predicted molar refractivity (Wildman–Crippen MR) is 70.2 cm³/mol. The van der Waals surface area contributed by atoms with E-state index in [9.17, 15) is 0 Å². The number of para-hydroxylation sites is 1. The summed E-state index contributed by atoms with van der Waals surface area (Å²) in [5.41, 5.74) is 1.07. The van der Waals surface area contributed by atoms with Gasteiger partial charge in [-0.25, -0.2) is 0 Å². The van der Waals surface area contributed by atoms with Crippen LogP contribution in [0.25, 0.3) is 0 Å². The van der Waals surface area contributed by atoms with Crippen LogP contribution in [-0.2, 0) is 0 Å². The van der Waals surface area contributed by atoms with Crippen LogP contribution in [-0.4, -0.2) is 26.3 Å². The summed E-state index contributed by atoms with van der Waals surface area (Å²) in [7, 11) is 4.03. The molecule has 17 heavy (non-hydrogen) atoms. The molecule has 1 aromatic rings. The third kappa shape index (κ3) is 3.05. The third-order valence-electron chi connectivity index (χ3n) is 2.61. The fourth-order valence-electron chi connectivity index (χ4n) is 1.67. The van der Waals surface area contributed by atoms with E-state index < -0.39 is 0 Å². The second-order valence-corrected chi connectivity index (χ2v) is 4.98. The second-order valence-electron chi connectivity index (χ2n) is 4.98. The van der Waals surface area contributed by atoms with Crippen LogP contribution in [0.3, 0.4) is 0 Å². The minimum Gasteiger partial charge on any atom is -0.486 e. The lowest BCUT2D eigenvalue weighted by molar-refractivity contribution is 0.218. The molecule has 1 aliphatic carbocycles. The molecule has 1 aliphatic rings. The summed E-state index contributed by atoms with van der Waals surface area (Å²) in [6, 6.07) is 6.06. The van der Waals surface area contributed by atoms with Gasteiger partial charge in [-0.3, -0.25) is 0 Å². The lowest BCUT2D eigenvalue weighted by atomic mass is 10.2. The fourth-order valence-corrected chi connectivity index (χ4v) is 1.67. The highest BCUT2D eigenvalue weighted by Gasteiger charge is 2.26. The quantitative estimate of drug-likeness (QED) is 0.783. The van der Waals surface area contributed by atoms with E-state index in [0.29, 0.717) is 6.10 Å². The molecule has 0 spiro atoms. The maximum atomic E-state index is 5.90. The number of rotatable bonds is 5. The van der Waals surface area contributed by atoms with E-state index in [0.717, 1.165) is 30.0 Å². The summed E-state index contributed by atoms with van der Waals surface area (Å²) < 4.78 is 11.8. The third-order valence-corrected chi connectivity index (χ3v) is 2.61. The van der Waals surface area contributed by atoms with Crippen molar-refractivity contribution in [3.8, 4) is 11.5 Å². The first-order valence-electron chi connectivity index (χ1n) is 6.21. The SMILES string of the molecule is CC(C)Oc1c(OC2CC2)cccc1N(C)C. The Morgan fingerprint density at radius 2 is 1.94 bits per heavy atom. The Bertz CT molecular complexity index is 384. The molecular formula is C14H21NO2. The van der Waals surface area contributed by atoms with Crippen LogP contribution in [0.15, 0.2) is 18.2 Å². The van der Waals surface area contributed by atoms with Crippen LogP contribution in [0.5, 0.6) is 11.5 Å². The van der Waals surface area contributed by atoms with Gasteiger partial charge in [0.15, 0.2) is 11.5 Å². The maximum Gasteiger partial charge on any atom is 0.184 e. The largest absolute Gasteiger partial charge is 0.486 e. The zero-order valence-corrected chi connectivity index (χ0v) is 11.1. The zero-order valence-electron chi connectivity index (χ0n) is 11.1. The topological polar surface area (TPSA) is 21.7 Å². The molecule has 0 bridgehead atoms. The highest BCUT2D eigenvalue weighted by Crippen LogP contribution is 2.40. The van der Waals surface area contributed by atoms with Crippen LogP contribution >= 0.6 is 0 Å². The summed E-state index contributed by atoms with van der Waals surface area (Å²) in [4.78, 5) is 2.05. The van der Waals surface area contributed by atoms with Gasteiger partial charge in [-0.15, -0.1) is 0 Å².